The highest BCUT2D eigenvalue weighted by molar-refractivity contribution is 9.10. The SMILES string of the molecule is CN(C)CCCNNC(=O)[C@@]1(Cc2ccccc2)N=C(c2ccc(OCCCO)cc2)O[C@H]1c1ccccc1Br. The van der Waals surface area contributed by atoms with Crippen molar-refractivity contribution < 1.29 is 19.4 Å². The first-order chi connectivity index (χ1) is 19.4. The van der Waals surface area contributed by atoms with Crippen LogP contribution >= 0.6 is 15.9 Å². The number of aliphatic hydroxyl groups is 1. The van der Waals surface area contributed by atoms with Crippen LogP contribution in [0.3, 0.4) is 0 Å². The number of ether oxygens (including phenoxy) is 2. The fourth-order valence-electron chi connectivity index (χ4n) is 4.59. The average Bonchev–Trinajstić information content (AvgIpc) is 3.34. The van der Waals surface area contributed by atoms with Gasteiger partial charge in [-0.2, -0.15) is 0 Å². The molecule has 0 aromatic heterocycles. The molecule has 0 radical (unpaired) electrons. The molecule has 9 heteroatoms. The predicted molar refractivity (Wildman–Crippen MR) is 160 cm³/mol. The van der Waals surface area contributed by atoms with E-state index in [1.54, 1.807) is 0 Å². The van der Waals surface area contributed by atoms with Crippen molar-refractivity contribution in [2.24, 2.45) is 4.99 Å². The first-order valence-corrected chi connectivity index (χ1v) is 14.3. The average molecular weight is 610 g/mol. The summed E-state index contributed by atoms with van der Waals surface area (Å²) in [6.07, 6.45) is 1.11. The Morgan fingerprint density at radius 3 is 2.48 bits per heavy atom. The topological polar surface area (TPSA) is 95.4 Å². The number of carbonyl (C=O) groups excluding carboxylic acids is 1. The normalized spacial score (nSPS) is 18.3. The molecule has 0 bridgehead atoms. The molecule has 0 unspecified atom stereocenters. The number of rotatable bonds is 14. The van der Waals surface area contributed by atoms with Crippen molar-refractivity contribution in [3.8, 4) is 5.75 Å². The Kier molecular flexibility index (Phi) is 10.7. The van der Waals surface area contributed by atoms with Crippen LogP contribution < -0.4 is 15.6 Å². The van der Waals surface area contributed by atoms with Crippen LogP contribution in [-0.2, 0) is 16.0 Å². The lowest BCUT2D eigenvalue weighted by molar-refractivity contribution is -0.130. The minimum atomic E-state index is -1.27. The van der Waals surface area contributed by atoms with Gasteiger partial charge in [0.1, 0.15) is 5.75 Å². The van der Waals surface area contributed by atoms with Crippen LogP contribution in [0.5, 0.6) is 5.75 Å². The monoisotopic (exact) mass is 608 g/mol. The van der Waals surface area contributed by atoms with E-state index in [9.17, 15) is 4.79 Å². The van der Waals surface area contributed by atoms with E-state index in [0.29, 0.717) is 37.6 Å². The zero-order chi connectivity index (χ0) is 28.4. The Labute approximate surface area is 244 Å². The summed E-state index contributed by atoms with van der Waals surface area (Å²) in [7, 11) is 4.05. The predicted octanol–water partition coefficient (Wildman–Crippen LogP) is 4.28. The van der Waals surface area contributed by atoms with Crippen LogP contribution in [0.15, 0.2) is 88.3 Å². The summed E-state index contributed by atoms with van der Waals surface area (Å²) in [6.45, 7) is 2.04. The first kappa shape index (κ1) is 29.7. The number of aliphatic imine (C=N–C) groups is 1. The Bertz CT molecular complexity index is 1270. The Hall–Kier alpha value is -3.24. The van der Waals surface area contributed by atoms with E-state index in [1.165, 1.54) is 0 Å². The molecule has 0 spiro atoms. The van der Waals surface area contributed by atoms with Gasteiger partial charge < -0.3 is 19.5 Å². The van der Waals surface area contributed by atoms with E-state index in [4.69, 9.17) is 19.6 Å². The summed E-state index contributed by atoms with van der Waals surface area (Å²) in [5, 5.41) is 9.02. The molecule has 4 rings (SSSR count). The molecule has 1 heterocycles. The van der Waals surface area contributed by atoms with Crippen molar-refractivity contribution in [2.75, 3.05) is 40.4 Å². The van der Waals surface area contributed by atoms with Gasteiger partial charge in [-0.05, 0) is 63.0 Å². The Balaban J connectivity index is 1.70. The smallest absolute Gasteiger partial charge is 0.266 e. The molecule has 8 nitrogen and oxygen atoms in total. The summed E-state index contributed by atoms with van der Waals surface area (Å²) in [5.74, 6) is 0.815. The van der Waals surface area contributed by atoms with E-state index < -0.39 is 11.6 Å². The standard InChI is InChI=1S/C31H37BrN4O4/c1-36(2)19-8-18-33-35-30(38)31(22-23-10-4-3-5-11-23)28(26-12-6-7-13-27(26)32)40-29(34-31)24-14-16-25(17-15-24)39-21-9-20-37/h3-7,10-17,28,33,37H,8-9,18-22H2,1-2H3,(H,35,38)/t28-,31-/m0/s1. The lowest BCUT2D eigenvalue weighted by Crippen LogP contribution is -2.54. The highest BCUT2D eigenvalue weighted by atomic mass is 79.9. The second-order valence-corrected chi connectivity index (χ2v) is 10.9. The number of nitrogens with zero attached hydrogens (tertiary/aromatic N) is 2. The van der Waals surface area contributed by atoms with E-state index in [1.807, 2.05) is 93.0 Å². The van der Waals surface area contributed by atoms with Crippen molar-refractivity contribution in [3.05, 3.63) is 100 Å². The van der Waals surface area contributed by atoms with Gasteiger partial charge in [-0.15, -0.1) is 0 Å². The third kappa shape index (κ3) is 7.48. The van der Waals surface area contributed by atoms with E-state index in [2.05, 4.69) is 31.7 Å². The molecule has 212 valence electrons. The van der Waals surface area contributed by atoms with E-state index in [0.717, 1.165) is 34.1 Å². The molecule has 0 fully saturated rings. The molecule has 3 aromatic rings. The number of hydrogen-bond acceptors (Lipinski definition) is 7. The van der Waals surface area contributed by atoms with Gasteiger partial charge in [-0.25, -0.2) is 10.4 Å². The Morgan fingerprint density at radius 1 is 1.05 bits per heavy atom. The minimum absolute atomic E-state index is 0.0786. The molecule has 0 saturated heterocycles. The number of amides is 1. The van der Waals surface area contributed by atoms with Crippen LogP contribution in [0, 0.1) is 0 Å². The van der Waals surface area contributed by atoms with Gasteiger partial charge >= 0.3 is 0 Å². The fourth-order valence-corrected chi connectivity index (χ4v) is 5.08. The largest absolute Gasteiger partial charge is 0.494 e. The van der Waals surface area contributed by atoms with E-state index in [-0.39, 0.29) is 12.5 Å². The zero-order valence-electron chi connectivity index (χ0n) is 23.0. The molecule has 1 aliphatic rings. The molecule has 0 aliphatic carbocycles. The second-order valence-electron chi connectivity index (χ2n) is 10.0. The summed E-state index contributed by atoms with van der Waals surface area (Å²) in [4.78, 5) is 21.3. The minimum Gasteiger partial charge on any atom is -0.494 e. The molecule has 1 aliphatic heterocycles. The quantitative estimate of drug-likeness (QED) is 0.187. The summed E-state index contributed by atoms with van der Waals surface area (Å²) in [6, 6.07) is 25.1. The van der Waals surface area contributed by atoms with Crippen LogP contribution in [-0.4, -0.2) is 67.7 Å². The van der Waals surface area contributed by atoms with Gasteiger partial charge in [0.15, 0.2) is 11.6 Å². The second kappa shape index (κ2) is 14.4. The Morgan fingerprint density at radius 2 is 1.77 bits per heavy atom. The van der Waals surface area contributed by atoms with E-state index >= 15 is 0 Å². The fraction of sp³-hybridized carbons (Fsp3) is 0.355. The van der Waals surface area contributed by atoms with Crippen LogP contribution in [0.1, 0.15) is 35.6 Å². The molecular weight excluding hydrogens is 572 g/mol. The van der Waals surface area contributed by atoms with Crippen LogP contribution in [0.2, 0.25) is 0 Å². The molecule has 3 aromatic carbocycles. The highest BCUT2D eigenvalue weighted by Crippen LogP contribution is 2.44. The molecule has 40 heavy (non-hydrogen) atoms. The van der Waals surface area contributed by atoms with Crippen molar-refractivity contribution in [3.63, 3.8) is 0 Å². The third-order valence-electron chi connectivity index (χ3n) is 6.64. The lowest BCUT2D eigenvalue weighted by Gasteiger charge is -2.31. The van der Waals surface area contributed by atoms with Crippen molar-refractivity contribution in [1.82, 2.24) is 15.8 Å². The summed E-state index contributed by atoms with van der Waals surface area (Å²) >= 11 is 3.68. The van der Waals surface area contributed by atoms with Gasteiger partial charge in [0.05, 0.1) is 6.61 Å². The zero-order valence-corrected chi connectivity index (χ0v) is 24.6. The number of benzene rings is 3. The van der Waals surface area contributed by atoms with Gasteiger partial charge in [-0.3, -0.25) is 10.2 Å². The number of carbonyl (C=O) groups is 1. The highest BCUT2D eigenvalue weighted by Gasteiger charge is 2.53. The maximum Gasteiger partial charge on any atom is 0.266 e. The number of hydrogen-bond donors (Lipinski definition) is 3. The molecule has 2 atom stereocenters. The van der Waals surface area contributed by atoms with Crippen molar-refractivity contribution >= 4 is 27.7 Å². The summed E-state index contributed by atoms with van der Waals surface area (Å²) < 4.78 is 13.1. The lowest BCUT2D eigenvalue weighted by atomic mass is 9.82. The number of halogens is 1. The summed E-state index contributed by atoms with van der Waals surface area (Å²) in [5.41, 5.74) is 7.33. The molecule has 1 amide bonds. The number of hydrazine groups is 1. The number of aliphatic hydroxyl groups excluding tert-OH is 1. The van der Waals surface area contributed by atoms with Crippen LogP contribution in [0.25, 0.3) is 0 Å². The third-order valence-corrected chi connectivity index (χ3v) is 7.37. The van der Waals surface area contributed by atoms with Gasteiger partial charge in [0.2, 0.25) is 5.90 Å². The molecular formula is C31H37BrN4O4. The van der Waals surface area contributed by atoms with Crippen molar-refractivity contribution in [1.29, 1.82) is 0 Å². The maximum atomic E-state index is 14.1. The van der Waals surface area contributed by atoms with Gasteiger partial charge in [0.25, 0.3) is 5.91 Å². The van der Waals surface area contributed by atoms with Crippen LogP contribution in [0.4, 0.5) is 0 Å². The maximum absolute atomic E-state index is 14.1. The van der Waals surface area contributed by atoms with Crippen molar-refractivity contribution in [2.45, 2.75) is 30.9 Å². The first-order valence-electron chi connectivity index (χ1n) is 13.5. The number of nitrogens with one attached hydrogen (secondary N) is 2. The van der Waals surface area contributed by atoms with Gasteiger partial charge in [-0.1, -0.05) is 64.5 Å². The van der Waals surface area contributed by atoms with Gasteiger partial charge in [0, 0.05) is 41.6 Å². The molecule has 3 N–H and O–H groups in total. The molecule has 0 saturated carbocycles.